The first kappa shape index (κ1) is 20.5. The van der Waals surface area contributed by atoms with Gasteiger partial charge in [-0.15, -0.1) is 0 Å². The Balaban J connectivity index is 1.99. The number of Topliss-reactive ketones (excluding diaryl/α,β-unsaturated/α-hetero) is 1. The molecule has 152 valence electrons. The van der Waals surface area contributed by atoms with E-state index in [0.717, 1.165) is 6.07 Å². The largest absolute Gasteiger partial charge is 0.433 e. The molecular formula is C20H19F3N4O2. The van der Waals surface area contributed by atoms with Crippen molar-refractivity contribution in [2.45, 2.75) is 39.3 Å². The molecule has 0 bridgehead atoms. The van der Waals surface area contributed by atoms with Gasteiger partial charge >= 0.3 is 6.18 Å². The normalized spacial score (nSPS) is 12.2. The number of amides is 1. The molecule has 1 N–H and O–H groups in total. The van der Waals surface area contributed by atoms with E-state index in [-0.39, 0.29) is 22.8 Å². The number of rotatable bonds is 3. The van der Waals surface area contributed by atoms with Crippen LogP contribution >= 0.6 is 0 Å². The van der Waals surface area contributed by atoms with Gasteiger partial charge in [-0.25, -0.2) is 9.50 Å². The lowest BCUT2D eigenvalue weighted by Crippen LogP contribution is -2.20. The Morgan fingerprint density at radius 2 is 1.66 bits per heavy atom. The number of halogens is 3. The minimum Gasteiger partial charge on any atom is -0.321 e. The molecule has 2 heterocycles. The van der Waals surface area contributed by atoms with Gasteiger partial charge in [-0.3, -0.25) is 9.59 Å². The van der Waals surface area contributed by atoms with Gasteiger partial charge in [0.25, 0.3) is 5.91 Å². The predicted molar refractivity (Wildman–Crippen MR) is 101 cm³/mol. The molecule has 0 unspecified atom stereocenters. The number of carbonyl (C=O) groups excluding carboxylic acids is 2. The molecule has 0 atom stereocenters. The lowest BCUT2D eigenvalue weighted by molar-refractivity contribution is -0.142. The number of benzene rings is 1. The Hall–Kier alpha value is -3.23. The number of fused-ring (bicyclic) bond motifs is 1. The van der Waals surface area contributed by atoms with Crippen LogP contribution in [0.3, 0.4) is 0 Å². The Morgan fingerprint density at radius 3 is 2.17 bits per heavy atom. The molecule has 0 fully saturated rings. The van der Waals surface area contributed by atoms with Crippen LogP contribution in [-0.2, 0) is 11.6 Å². The first-order valence-corrected chi connectivity index (χ1v) is 8.77. The average Bonchev–Trinajstić information content (AvgIpc) is 3.03. The summed E-state index contributed by atoms with van der Waals surface area (Å²) in [6.45, 7) is 6.67. The van der Waals surface area contributed by atoms with Crippen molar-refractivity contribution in [2.24, 2.45) is 0 Å². The maximum Gasteiger partial charge on any atom is 0.433 e. The third-order valence-electron chi connectivity index (χ3n) is 4.27. The number of hydrogen-bond donors (Lipinski definition) is 1. The first-order chi connectivity index (χ1) is 13.4. The van der Waals surface area contributed by atoms with Crippen LogP contribution in [-0.4, -0.2) is 26.3 Å². The molecule has 0 aliphatic heterocycles. The van der Waals surface area contributed by atoms with Crippen molar-refractivity contribution in [1.29, 1.82) is 0 Å². The van der Waals surface area contributed by atoms with E-state index in [0.29, 0.717) is 15.8 Å². The molecule has 0 aliphatic rings. The zero-order valence-electron chi connectivity index (χ0n) is 16.3. The quantitative estimate of drug-likeness (QED) is 0.652. The second-order valence-electron chi connectivity index (χ2n) is 7.66. The molecule has 2 aromatic heterocycles. The van der Waals surface area contributed by atoms with Gasteiger partial charge in [-0.1, -0.05) is 20.8 Å². The van der Waals surface area contributed by atoms with Crippen molar-refractivity contribution in [3.63, 3.8) is 0 Å². The van der Waals surface area contributed by atoms with Crippen LogP contribution in [0.4, 0.5) is 18.9 Å². The number of ketones is 1. The summed E-state index contributed by atoms with van der Waals surface area (Å²) < 4.78 is 41.2. The Bertz CT molecular complexity index is 1090. The van der Waals surface area contributed by atoms with Crippen LogP contribution < -0.4 is 5.32 Å². The molecule has 6 nitrogen and oxygen atoms in total. The molecule has 0 radical (unpaired) electrons. The van der Waals surface area contributed by atoms with Crippen LogP contribution in [0, 0.1) is 0 Å². The van der Waals surface area contributed by atoms with E-state index < -0.39 is 23.2 Å². The van der Waals surface area contributed by atoms with E-state index in [1.165, 1.54) is 25.1 Å². The van der Waals surface area contributed by atoms with Crippen LogP contribution in [0.15, 0.2) is 36.4 Å². The van der Waals surface area contributed by atoms with E-state index >= 15 is 0 Å². The van der Waals surface area contributed by atoms with E-state index in [2.05, 4.69) is 15.4 Å². The molecule has 1 aromatic carbocycles. The summed E-state index contributed by atoms with van der Waals surface area (Å²) in [5, 5.41) is 6.37. The summed E-state index contributed by atoms with van der Waals surface area (Å²) in [6.07, 6.45) is -4.66. The second kappa shape index (κ2) is 6.98. The molecule has 0 saturated carbocycles. The molecule has 0 aliphatic carbocycles. The number of aromatic nitrogens is 3. The third-order valence-corrected chi connectivity index (χ3v) is 4.27. The van der Waals surface area contributed by atoms with Crippen LogP contribution in [0.5, 0.6) is 0 Å². The van der Waals surface area contributed by atoms with E-state index in [9.17, 15) is 22.8 Å². The molecule has 3 rings (SSSR count). The number of carbonyl (C=O) groups is 2. The van der Waals surface area contributed by atoms with E-state index in [1.54, 1.807) is 32.9 Å². The number of nitrogens with one attached hydrogen (secondary N) is 1. The minimum atomic E-state index is -4.66. The number of alkyl halides is 3. The fourth-order valence-corrected chi connectivity index (χ4v) is 2.65. The zero-order chi connectivity index (χ0) is 21.6. The van der Waals surface area contributed by atoms with Gasteiger partial charge in [0.2, 0.25) is 0 Å². The SMILES string of the molecule is CC(=O)c1ccc(NC(=O)c2cc3nc(C(C)(C)C)cc(C(F)(F)F)n3n2)cc1. The summed E-state index contributed by atoms with van der Waals surface area (Å²) in [5.41, 5.74) is -0.791. The molecule has 0 spiro atoms. The van der Waals surface area contributed by atoms with Gasteiger partial charge in [0.1, 0.15) is 5.69 Å². The maximum atomic E-state index is 13.5. The lowest BCUT2D eigenvalue weighted by Gasteiger charge is -2.19. The zero-order valence-corrected chi connectivity index (χ0v) is 16.3. The number of hydrogen-bond acceptors (Lipinski definition) is 4. The molecular weight excluding hydrogens is 385 g/mol. The van der Waals surface area contributed by atoms with Crippen molar-refractivity contribution >= 4 is 23.0 Å². The first-order valence-electron chi connectivity index (χ1n) is 8.77. The highest BCUT2D eigenvalue weighted by atomic mass is 19.4. The standard InChI is InChI=1S/C20H19F3N4O2/c1-11(28)12-5-7-13(8-6-12)24-18(29)14-9-17-25-15(19(2,3)4)10-16(20(21,22)23)27(17)26-14/h5-10H,1-4H3,(H,24,29). The fraction of sp³-hybridized carbons (Fsp3) is 0.300. The topological polar surface area (TPSA) is 76.4 Å². The predicted octanol–water partition coefficient (Wildman–Crippen LogP) is 4.50. The maximum absolute atomic E-state index is 13.5. The third kappa shape index (κ3) is 4.28. The van der Waals surface area contributed by atoms with Gasteiger partial charge in [0.05, 0.1) is 5.69 Å². The van der Waals surface area contributed by atoms with Crippen molar-refractivity contribution in [3.05, 3.63) is 59.0 Å². The number of anilines is 1. The van der Waals surface area contributed by atoms with Gasteiger partial charge in [0.15, 0.2) is 17.1 Å². The average molecular weight is 404 g/mol. The Kier molecular flexibility index (Phi) is 4.94. The highest BCUT2D eigenvalue weighted by molar-refractivity contribution is 6.03. The monoisotopic (exact) mass is 404 g/mol. The fourth-order valence-electron chi connectivity index (χ4n) is 2.65. The molecule has 3 aromatic rings. The Morgan fingerprint density at radius 1 is 1.03 bits per heavy atom. The van der Waals surface area contributed by atoms with Crippen LogP contribution in [0.1, 0.15) is 59.9 Å². The summed E-state index contributed by atoms with van der Waals surface area (Å²) in [7, 11) is 0. The van der Waals surface area contributed by atoms with Gasteiger partial charge in [-0.05, 0) is 37.3 Å². The van der Waals surface area contributed by atoms with Crippen LogP contribution in [0.2, 0.25) is 0 Å². The van der Waals surface area contributed by atoms with Gasteiger partial charge in [0, 0.05) is 22.7 Å². The second-order valence-corrected chi connectivity index (χ2v) is 7.66. The molecule has 9 heteroatoms. The Labute approximate surface area is 164 Å². The van der Waals surface area contributed by atoms with Crippen molar-refractivity contribution in [2.75, 3.05) is 5.32 Å². The van der Waals surface area contributed by atoms with Crippen molar-refractivity contribution < 1.29 is 22.8 Å². The van der Waals surface area contributed by atoms with Gasteiger partial charge < -0.3 is 5.32 Å². The summed E-state index contributed by atoms with van der Waals surface area (Å²) >= 11 is 0. The summed E-state index contributed by atoms with van der Waals surface area (Å²) in [6, 6.07) is 8.30. The minimum absolute atomic E-state index is 0.0678. The van der Waals surface area contributed by atoms with E-state index in [1.807, 2.05) is 0 Å². The molecule has 1 amide bonds. The van der Waals surface area contributed by atoms with Crippen molar-refractivity contribution in [3.8, 4) is 0 Å². The van der Waals surface area contributed by atoms with Gasteiger partial charge in [-0.2, -0.15) is 18.3 Å². The molecule has 0 saturated heterocycles. The summed E-state index contributed by atoms with van der Waals surface area (Å²) in [5.74, 6) is -0.805. The van der Waals surface area contributed by atoms with Crippen LogP contribution in [0.25, 0.3) is 5.65 Å². The number of nitrogens with zero attached hydrogens (tertiary/aromatic N) is 3. The highest BCUT2D eigenvalue weighted by Gasteiger charge is 2.36. The lowest BCUT2D eigenvalue weighted by atomic mass is 9.91. The summed E-state index contributed by atoms with van der Waals surface area (Å²) in [4.78, 5) is 28.0. The smallest absolute Gasteiger partial charge is 0.321 e. The van der Waals surface area contributed by atoms with Crippen molar-refractivity contribution in [1.82, 2.24) is 14.6 Å². The van der Waals surface area contributed by atoms with E-state index in [4.69, 9.17) is 0 Å². The highest BCUT2D eigenvalue weighted by Crippen LogP contribution is 2.32. The molecule has 29 heavy (non-hydrogen) atoms.